The SMILES string of the molecule is C(=C1c2ccccc2CCc2ccccc21)c1ccc(N2c3ccccc3CCc3ccccc32)cc1. The van der Waals surface area contributed by atoms with E-state index in [1.165, 1.54) is 61.6 Å². The Morgan fingerprint density at radius 3 is 1.41 bits per heavy atom. The lowest BCUT2D eigenvalue weighted by Gasteiger charge is -2.27. The Morgan fingerprint density at radius 1 is 0.432 bits per heavy atom. The smallest absolute Gasteiger partial charge is 0.0493 e. The average molecular weight is 476 g/mol. The molecule has 1 aliphatic heterocycles. The van der Waals surface area contributed by atoms with Gasteiger partial charge in [0.1, 0.15) is 0 Å². The minimum absolute atomic E-state index is 1.06. The molecule has 1 aliphatic carbocycles. The van der Waals surface area contributed by atoms with E-state index in [1.54, 1.807) is 0 Å². The molecule has 2 aliphatic rings. The van der Waals surface area contributed by atoms with Crippen molar-refractivity contribution in [2.75, 3.05) is 4.90 Å². The molecule has 0 saturated heterocycles. The van der Waals surface area contributed by atoms with Gasteiger partial charge in [-0.25, -0.2) is 0 Å². The van der Waals surface area contributed by atoms with Crippen molar-refractivity contribution in [3.8, 4) is 0 Å². The second-order valence-electron chi connectivity index (χ2n) is 10.1. The molecule has 0 amide bonds. The average Bonchev–Trinajstić information content (AvgIpc) is 3.22. The molecule has 1 nitrogen and oxygen atoms in total. The largest absolute Gasteiger partial charge is 0.310 e. The van der Waals surface area contributed by atoms with Crippen molar-refractivity contribution in [1.29, 1.82) is 0 Å². The number of benzene rings is 5. The highest BCUT2D eigenvalue weighted by Gasteiger charge is 2.22. The summed E-state index contributed by atoms with van der Waals surface area (Å²) in [5.74, 6) is 0. The highest BCUT2D eigenvalue weighted by molar-refractivity contribution is 5.94. The van der Waals surface area contributed by atoms with Gasteiger partial charge in [0.15, 0.2) is 0 Å². The molecule has 0 aromatic heterocycles. The minimum Gasteiger partial charge on any atom is -0.310 e. The van der Waals surface area contributed by atoms with Gasteiger partial charge in [-0.15, -0.1) is 0 Å². The van der Waals surface area contributed by atoms with Gasteiger partial charge in [0.25, 0.3) is 0 Å². The van der Waals surface area contributed by atoms with Gasteiger partial charge in [0, 0.05) is 17.1 Å². The van der Waals surface area contributed by atoms with Crippen molar-refractivity contribution in [2.45, 2.75) is 25.7 Å². The summed E-state index contributed by atoms with van der Waals surface area (Å²) >= 11 is 0. The first-order valence-corrected chi connectivity index (χ1v) is 13.3. The number of hydrogen-bond donors (Lipinski definition) is 0. The van der Waals surface area contributed by atoms with Crippen LogP contribution in [0.4, 0.5) is 17.1 Å². The molecule has 0 fully saturated rings. The summed E-state index contributed by atoms with van der Waals surface area (Å²) in [6.07, 6.45) is 6.66. The normalized spacial score (nSPS) is 13.9. The molecule has 0 spiro atoms. The fraction of sp³-hybridized carbons (Fsp3) is 0.111. The van der Waals surface area contributed by atoms with Gasteiger partial charge >= 0.3 is 0 Å². The summed E-state index contributed by atoms with van der Waals surface area (Å²) in [7, 11) is 0. The lowest BCUT2D eigenvalue weighted by atomic mass is 9.92. The maximum Gasteiger partial charge on any atom is 0.0493 e. The number of aryl methyl sites for hydroxylation is 4. The zero-order chi connectivity index (χ0) is 24.6. The van der Waals surface area contributed by atoms with E-state index in [-0.39, 0.29) is 0 Å². The molecule has 178 valence electrons. The predicted octanol–water partition coefficient (Wildman–Crippen LogP) is 8.94. The summed E-state index contributed by atoms with van der Waals surface area (Å²) < 4.78 is 0. The molecule has 1 heteroatoms. The van der Waals surface area contributed by atoms with Gasteiger partial charge < -0.3 is 4.90 Å². The van der Waals surface area contributed by atoms with Crippen LogP contribution in [0.5, 0.6) is 0 Å². The topological polar surface area (TPSA) is 3.24 Å². The van der Waals surface area contributed by atoms with Crippen LogP contribution < -0.4 is 4.90 Å². The lowest BCUT2D eigenvalue weighted by molar-refractivity contribution is 0.965. The van der Waals surface area contributed by atoms with E-state index in [0.29, 0.717) is 0 Å². The molecule has 37 heavy (non-hydrogen) atoms. The standard InChI is InChI=1S/C36H29N/c1-5-13-32-27(9-1)19-20-28-10-2-6-14-33(28)34(32)25-26-17-23-31(24-18-26)37-35-15-7-3-11-29(35)21-22-30-12-4-8-16-36(30)37/h1-18,23-25H,19-22H2. The number of nitrogens with zero attached hydrogens (tertiary/aromatic N) is 1. The van der Waals surface area contributed by atoms with Crippen LogP contribution in [0.15, 0.2) is 121 Å². The molecule has 5 aromatic rings. The van der Waals surface area contributed by atoms with Crippen LogP contribution in [-0.2, 0) is 25.7 Å². The number of anilines is 3. The van der Waals surface area contributed by atoms with Gasteiger partial charge in [-0.2, -0.15) is 0 Å². The summed E-state index contributed by atoms with van der Waals surface area (Å²) in [5.41, 5.74) is 14.7. The first kappa shape index (κ1) is 21.9. The Balaban J connectivity index is 1.34. The quantitative estimate of drug-likeness (QED) is 0.246. The molecule has 0 saturated carbocycles. The molecule has 0 N–H and O–H groups in total. The van der Waals surface area contributed by atoms with Gasteiger partial charge in [-0.3, -0.25) is 0 Å². The van der Waals surface area contributed by atoms with Gasteiger partial charge in [-0.05, 0) is 101 Å². The molecule has 0 bridgehead atoms. The van der Waals surface area contributed by atoms with Crippen LogP contribution in [0.25, 0.3) is 11.6 Å². The van der Waals surface area contributed by atoms with Crippen molar-refractivity contribution in [2.24, 2.45) is 0 Å². The van der Waals surface area contributed by atoms with E-state index < -0.39 is 0 Å². The zero-order valence-corrected chi connectivity index (χ0v) is 20.9. The maximum absolute atomic E-state index is 2.44. The highest BCUT2D eigenvalue weighted by Crippen LogP contribution is 2.42. The molecule has 1 heterocycles. The van der Waals surface area contributed by atoms with Gasteiger partial charge in [0.2, 0.25) is 0 Å². The second kappa shape index (κ2) is 9.26. The number of hydrogen-bond acceptors (Lipinski definition) is 1. The van der Waals surface area contributed by atoms with Crippen LogP contribution >= 0.6 is 0 Å². The highest BCUT2D eigenvalue weighted by atomic mass is 15.1. The van der Waals surface area contributed by atoms with E-state index in [9.17, 15) is 0 Å². The molecular weight excluding hydrogens is 446 g/mol. The van der Waals surface area contributed by atoms with Gasteiger partial charge in [0.05, 0.1) is 0 Å². The minimum atomic E-state index is 1.06. The summed E-state index contributed by atoms with van der Waals surface area (Å²) in [6, 6.07) is 44.6. The predicted molar refractivity (Wildman–Crippen MR) is 156 cm³/mol. The summed E-state index contributed by atoms with van der Waals surface area (Å²) in [6.45, 7) is 0. The number of para-hydroxylation sites is 2. The van der Waals surface area contributed by atoms with Crippen LogP contribution in [0, 0.1) is 0 Å². The van der Waals surface area contributed by atoms with Crippen molar-refractivity contribution in [3.63, 3.8) is 0 Å². The summed E-state index contributed by atoms with van der Waals surface area (Å²) in [5, 5.41) is 0. The first-order chi connectivity index (χ1) is 18.3. The first-order valence-electron chi connectivity index (χ1n) is 13.3. The Bertz CT molecular complexity index is 1530. The lowest BCUT2D eigenvalue weighted by Crippen LogP contribution is -2.11. The molecule has 0 radical (unpaired) electrons. The third-order valence-corrected chi connectivity index (χ3v) is 7.87. The molecule has 5 aromatic carbocycles. The molecule has 0 atom stereocenters. The fourth-order valence-electron chi connectivity index (χ4n) is 6.02. The van der Waals surface area contributed by atoms with Crippen molar-refractivity contribution < 1.29 is 0 Å². The molecule has 0 unspecified atom stereocenters. The molecular formula is C36H29N. The van der Waals surface area contributed by atoms with E-state index >= 15 is 0 Å². The van der Waals surface area contributed by atoms with Gasteiger partial charge in [-0.1, -0.05) is 97.1 Å². The van der Waals surface area contributed by atoms with E-state index in [4.69, 9.17) is 0 Å². The van der Waals surface area contributed by atoms with E-state index in [1.807, 2.05) is 0 Å². The maximum atomic E-state index is 2.44. The van der Waals surface area contributed by atoms with Crippen LogP contribution in [-0.4, -0.2) is 0 Å². The summed E-state index contributed by atoms with van der Waals surface area (Å²) in [4.78, 5) is 2.44. The van der Waals surface area contributed by atoms with Crippen molar-refractivity contribution in [1.82, 2.24) is 0 Å². The Hall–Kier alpha value is -4.36. The monoisotopic (exact) mass is 475 g/mol. The van der Waals surface area contributed by atoms with Crippen LogP contribution in [0.1, 0.15) is 38.9 Å². The number of fused-ring (bicyclic) bond motifs is 4. The number of rotatable bonds is 2. The van der Waals surface area contributed by atoms with Crippen molar-refractivity contribution in [3.05, 3.63) is 160 Å². The zero-order valence-electron chi connectivity index (χ0n) is 20.9. The van der Waals surface area contributed by atoms with E-state index in [0.717, 1.165) is 25.7 Å². The van der Waals surface area contributed by atoms with Crippen molar-refractivity contribution >= 4 is 28.7 Å². The Kier molecular flexibility index (Phi) is 5.48. The van der Waals surface area contributed by atoms with E-state index in [2.05, 4.69) is 132 Å². The Morgan fingerprint density at radius 2 is 0.865 bits per heavy atom. The third kappa shape index (κ3) is 3.97. The molecule has 7 rings (SSSR count). The Labute approximate surface area is 219 Å². The van der Waals surface area contributed by atoms with Crippen LogP contribution in [0.2, 0.25) is 0 Å². The fourth-order valence-corrected chi connectivity index (χ4v) is 6.02. The van der Waals surface area contributed by atoms with Crippen LogP contribution in [0.3, 0.4) is 0 Å². The third-order valence-electron chi connectivity index (χ3n) is 7.87. The second-order valence-corrected chi connectivity index (χ2v) is 10.1.